The SMILES string of the molecule is COc1cc(-c2cccc3c2CCNC3)ccc1O. The van der Waals surface area contributed by atoms with Crippen LogP contribution in [0.25, 0.3) is 11.1 Å². The summed E-state index contributed by atoms with van der Waals surface area (Å²) in [4.78, 5) is 0. The second-order valence-corrected chi connectivity index (χ2v) is 4.76. The van der Waals surface area contributed by atoms with E-state index < -0.39 is 0 Å². The highest BCUT2D eigenvalue weighted by molar-refractivity contribution is 5.71. The van der Waals surface area contributed by atoms with Crippen LogP contribution in [0.4, 0.5) is 0 Å². The molecule has 0 unspecified atom stereocenters. The Morgan fingerprint density at radius 3 is 2.95 bits per heavy atom. The van der Waals surface area contributed by atoms with Crippen molar-refractivity contribution in [1.29, 1.82) is 0 Å². The van der Waals surface area contributed by atoms with Crippen LogP contribution in [-0.2, 0) is 13.0 Å². The molecule has 3 heteroatoms. The van der Waals surface area contributed by atoms with Crippen molar-refractivity contribution in [3.8, 4) is 22.6 Å². The van der Waals surface area contributed by atoms with Crippen LogP contribution in [0, 0.1) is 0 Å². The number of fused-ring (bicyclic) bond motifs is 1. The van der Waals surface area contributed by atoms with Crippen LogP contribution in [0.3, 0.4) is 0 Å². The quantitative estimate of drug-likeness (QED) is 0.867. The first-order chi connectivity index (χ1) is 9.29. The molecule has 0 saturated carbocycles. The van der Waals surface area contributed by atoms with Crippen molar-refractivity contribution in [2.75, 3.05) is 13.7 Å². The highest BCUT2D eigenvalue weighted by Crippen LogP contribution is 2.34. The molecule has 0 amide bonds. The summed E-state index contributed by atoms with van der Waals surface area (Å²) in [5.41, 5.74) is 5.08. The maximum absolute atomic E-state index is 9.69. The Morgan fingerprint density at radius 1 is 1.21 bits per heavy atom. The Morgan fingerprint density at radius 2 is 2.11 bits per heavy atom. The van der Waals surface area contributed by atoms with Crippen LogP contribution in [0.15, 0.2) is 36.4 Å². The maximum atomic E-state index is 9.69. The Bertz CT molecular complexity index is 608. The van der Waals surface area contributed by atoms with Gasteiger partial charge < -0.3 is 15.2 Å². The standard InChI is InChI=1S/C16H17NO2/c1-19-16-9-11(5-6-15(16)18)13-4-2-3-12-10-17-8-7-14(12)13/h2-6,9,17-18H,7-8,10H2,1H3. The molecule has 0 radical (unpaired) electrons. The molecule has 0 spiro atoms. The molecule has 1 aliphatic heterocycles. The average Bonchev–Trinajstić information content (AvgIpc) is 2.47. The number of methoxy groups -OCH3 is 1. The second-order valence-electron chi connectivity index (χ2n) is 4.76. The molecule has 2 aromatic carbocycles. The van der Waals surface area contributed by atoms with E-state index in [1.165, 1.54) is 16.7 Å². The van der Waals surface area contributed by atoms with Crippen LogP contribution in [-0.4, -0.2) is 18.8 Å². The lowest BCUT2D eigenvalue weighted by Crippen LogP contribution is -2.23. The van der Waals surface area contributed by atoms with E-state index in [0.29, 0.717) is 5.75 Å². The van der Waals surface area contributed by atoms with E-state index in [0.717, 1.165) is 25.1 Å². The maximum Gasteiger partial charge on any atom is 0.161 e. The molecule has 3 nitrogen and oxygen atoms in total. The molecule has 2 N–H and O–H groups in total. The van der Waals surface area contributed by atoms with E-state index in [9.17, 15) is 5.11 Å². The summed E-state index contributed by atoms with van der Waals surface area (Å²) in [6.45, 7) is 1.94. The van der Waals surface area contributed by atoms with Gasteiger partial charge in [-0.1, -0.05) is 24.3 Å². The molecule has 0 aliphatic carbocycles. The number of phenolic OH excluding ortho intramolecular Hbond substituents is 1. The Hall–Kier alpha value is -2.00. The van der Waals surface area contributed by atoms with Crippen molar-refractivity contribution in [3.05, 3.63) is 47.5 Å². The minimum absolute atomic E-state index is 0.178. The van der Waals surface area contributed by atoms with Crippen LogP contribution < -0.4 is 10.1 Å². The summed E-state index contributed by atoms with van der Waals surface area (Å²) in [6.07, 6.45) is 1.04. The number of ether oxygens (including phenoxy) is 1. The van der Waals surface area contributed by atoms with E-state index >= 15 is 0 Å². The van der Waals surface area contributed by atoms with E-state index in [1.807, 2.05) is 12.1 Å². The third-order valence-electron chi connectivity index (χ3n) is 3.63. The largest absolute Gasteiger partial charge is 0.504 e. The summed E-state index contributed by atoms with van der Waals surface area (Å²) in [6, 6.07) is 11.9. The third-order valence-corrected chi connectivity index (χ3v) is 3.63. The number of benzene rings is 2. The molecular weight excluding hydrogens is 238 g/mol. The topological polar surface area (TPSA) is 41.5 Å². The lowest BCUT2D eigenvalue weighted by Gasteiger charge is -2.20. The molecule has 0 aromatic heterocycles. The Balaban J connectivity index is 2.12. The summed E-state index contributed by atoms with van der Waals surface area (Å²) in [5, 5.41) is 13.1. The van der Waals surface area contributed by atoms with Gasteiger partial charge in [-0.25, -0.2) is 0 Å². The fourth-order valence-electron chi connectivity index (χ4n) is 2.65. The number of nitrogens with one attached hydrogen (secondary N) is 1. The van der Waals surface area contributed by atoms with Crippen molar-refractivity contribution in [2.45, 2.75) is 13.0 Å². The van der Waals surface area contributed by atoms with Gasteiger partial charge in [0.25, 0.3) is 0 Å². The van der Waals surface area contributed by atoms with E-state index in [2.05, 4.69) is 23.5 Å². The minimum Gasteiger partial charge on any atom is -0.504 e. The normalized spacial score (nSPS) is 13.9. The molecule has 98 valence electrons. The lowest BCUT2D eigenvalue weighted by atomic mass is 9.91. The highest BCUT2D eigenvalue weighted by Gasteiger charge is 2.14. The molecule has 1 heterocycles. The Labute approximate surface area is 112 Å². The lowest BCUT2D eigenvalue weighted by molar-refractivity contribution is 0.373. The van der Waals surface area contributed by atoms with Gasteiger partial charge in [-0.3, -0.25) is 0 Å². The van der Waals surface area contributed by atoms with Gasteiger partial charge in [0.05, 0.1) is 7.11 Å². The first-order valence-electron chi connectivity index (χ1n) is 6.48. The van der Waals surface area contributed by atoms with E-state index in [-0.39, 0.29) is 5.75 Å². The predicted molar refractivity (Wildman–Crippen MR) is 75.5 cm³/mol. The number of rotatable bonds is 2. The van der Waals surface area contributed by atoms with Gasteiger partial charge in [0.2, 0.25) is 0 Å². The van der Waals surface area contributed by atoms with Gasteiger partial charge in [-0.15, -0.1) is 0 Å². The first-order valence-corrected chi connectivity index (χ1v) is 6.48. The smallest absolute Gasteiger partial charge is 0.161 e. The summed E-state index contributed by atoms with van der Waals surface area (Å²) in [5.74, 6) is 0.696. The van der Waals surface area contributed by atoms with Gasteiger partial charge >= 0.3 is 0 Å². The number of hydrogen-bond donors (Lipinski definition) is 2. The molecular formula is C16H17NO2. The Kier molecular flexibility index (Phi) is 3.13. The van der Waals surface area contributed by atoms with Gasteiger partial charge in [-0.2, -0.15) is 0 Å². The van der Waals surface area contributed by atoms with Gasteiger partial charge in [0.15, 0.2) is 11.5 Å². The zero-order valence-electron chi connectivity index (χ0n) is 10.9. The summed E-state index contributed by atoms with van der Waals surface area (Å²) in [7, 11) is 1.57. The molecule has 0 saturated heterocycles. The highest BCUT2D eigenvalue weighted by atomic mass is 16.5. The summed E-state index contributed by atoms with van der Waals surface area (Å²) < 4.78 is 5.19. The van der Waals surface area contributed by atoms with Gasteiger partial charge in [-0.05, 0) is 47.4 Å². The zero-order chi connectivity index (χ0) is 13.2. The van der Waals surface area contributed by atoms with Crippen molar-refractivity contribution < 1.29 is 9.84 Å². The molecule has 19 heavy (non-hydrogen) atoms. The van der Waals surface area contributed by atoms with Crippen molar-refractivity contribution in [2.24, 2.45) is 0 Å². The predicted octanol–water partition coefficient (Wildman–Crippen LogP) is 2.71. The number of phenols is 1. The minimum atomic E-state index is 0.178. The number of hydrogen-bond acceptors (Lipinski definition) is 3. The van der Waals surface area contributed by atoms with Gasteiger partial charge in [0, 0.05) is 6.54 Å². The molecule has 1 aliphatic rings. The monoisotopic (exact) mass is 255 g/mol. The molecule has 3 rings (SSSR count). The second kappa shape index (κ2) is 4.94. The van der Waals surface area contributed by atoms with Crippen LogP contribution in [0.1, 0.15) is 11.1 Å². The first kappa shape index (κ1) is 12.1. The van der Waals surface area contributed by atoms with Crippen LogP contribution in [0.5, 0.6) is 11.5 Å². The molecule has 0 bridgehead atoms. The van der Waals surface area contributed by atoms with Crippen molar-refractivity contribution in [1.82, 2.24) is 5.32 Å². The van der Waals surface area contributed by atoms with Crippen molar-refractivity contribution in [3.63, 3.8) is 0 Å². The van der Waals surface area contributed by atoms with Crippen LogP contribution in [0.2, 0.25) is 0 Å². The van der Waals surface area contributed by atoms with Crippen molar-refractivity contribution >= 4 is 0 Å². The van der Waals surface area contributed by atoms with E-state index in [4.69, 9.17) is 4.74 Å². The number of aromatic hydroxyl groups is 1. The molecule has 0 atom stereocenters. The van der Waals surface area contributed by atoms with E-state index in [1.54, 1.807) is 13.2 Å². The fraction of sp³-hybridized carbons (Fsp3) is 0.250. The fourth-order valence-corrected chi connectivity index (χ4v) is 2.65. The third kappa shape index (κ3) is 2.17. The summed E-state index contributed by atoms with van der Waals surface area (Å²) >= 11 is 0. The zero-order valence-corrected chi connectivity index (χ0v) is 10.9. The van der Waals surface area contributed by atoms with Crippen LogP contribution >= 0.6 is 0 Å². The van der Waals surface area contributed by atoms with Gasteiger partial charge in [0.1, 0.15) is 0 Å². The molecule has 0 fully saturated rings. The average molecular weight is 255 g/mol. The molecule has 2 aromatic rings.